The lowest BCUT2D eigenvalue weighted by Crippen LogP contribution is -2.35. The van der Waals surface area contributed by atoms with Crippen LogP contribution in [-0.4, -0.2) is 17.9 Å². The number of hydrogen-bond acceptors (Lipinski definition) is 3. The second-order valence-electron chi connectivity index (χ2n) is 4.36. The van der Waals surface area contributed by atoms with Gasteiger partial charge in [-0.05, 0) is 30.7 Å². The van der Waals surface area contributed by atoms with Crippen LogP contribution >= 0.6 is 0 Å². The van der Waals surface area contributed by atoms with Gasteiger partial charge in [0.25, 0.3) is 0 Å². The molecule has 104 valence electrons. The molecule has 0 aromatic heterocycles. The minimum atomic E-state index is -0.482. The Labute approximate surface area is 113 Å². The Kier molecular flexibility index (Phi) is 6.02. The average molecular weight is 263 g/mol. The van der Waals surface area contributed by atoms with Crippen LogP contribution in [0.5, 0.6) is 0 Å². The Morgan fingerprint density at radius 1 is 1.11 bits per heavy atom. The predicted molar refractivity (Wildman–Crippen MR) is 76.9 cm³/mol. The Morgan fingerprint density at radius 3 is 2.11 bits per heavy atom. The number of benzene rings is 1. The van der Waals surface area contributed by atoms with Gasteiger partial charge in [0, 0.05) is 17.8 Å². The van der Waals surface area contributed by atoms with Gasteiger partial charge in [-0.3, -0.25) is 9.59 Å². The molecule has 5 heteroatoms. The number of nitrogens with one attached hydrogen (secondary N) is 2. The Balaban J connectivity index is 2.57. The fourth-order valence-electron chi connectivity index (χ4n) is 1.56. The molecule has 1 aromatic rings. The highest BCUT2D eigenvalue weighted by Crippen LogP contribution is 2.14. The summed E-state index contributed by atoms with van der Waals surface area (Å²) in [6, 6.07) is 6.48. The summed E-state index contributed by atoms with van der Waals surface area (Å²) < 4.78 is 0. The molecule has 4 N–H and O–H groups in total. The third-order valence-corrected chi connectivity index (χ3v) is 2.69. The number of hydrogen-bond donors (Lipinski definition) is 3. The molecule has 0 radical (unpaired) electrons. The number of anilines is 2. The number of nitrogens with two attached hydrogens (primary N) is 1. The van der Waals surface area contributed by atoms with Crippen molar-refractivity contribution in [2.75, 3.05) is 10.6 Å². The van der Waals surface area contributed by atoms with E-state index in [-0.39, 0.29) is 11.8 Å². The molecule has 1 atom stereocenters. The fourth-order valence-corrected chi connectivity index (χ4v) is 1.56. The zero-order valence-corrected chi connectivity index (χ0v) is 11.4. The fraction of sp³-hybridized carbons (Fsp3) is 0.429. The molecule has 0 fully saturated rings. The monoisotopic (exact) mass is 263 g/mol. The highest BCUT2D eigenvalue weighted by atomic mass is 16.2. The Hall–Kier alpha value is -1.88. The molecule has 0 spiro atoms. The van der Waals surface area contributed by atoms with Crippen LogP contribution in [0, 0.1) is 0 Å². The number of carbonyl (C=O) groups is 2. The van der Waals surface area contributed by atoms with E-state index in [4.69, 9.17) is 5.73 Å². The first-order chi connectivity index (χ1) is 9.06. The zero-order valence-electron chi connectivity index (χ0n) is 11.4. The van der Waals surface area contributed by atoms with Crippen LogP contribution in [0.25, 0.3) is 0 Å². The molecule has 0 heterocycles. The van der Waals surface area contributed by atoms with Gasteiger partial charge in [0.15, 0.2) is 0 Å². The predicted octanol–water partition coefficient (Wildman–Crippen LogP) is 2.10. The molecule has 1 aromatic carbocycles. The lowest BCUT2D eigenvalue weighted by atomic mass is 10.1. The zero-order chi connectivity index (χ0) is 14.3. The van der Waals surface area contributed by atoms with Crippen molar-refractivity contribution in [2.45, 2.75) is 39.2 Å². The lowest BCUT2D eigenvalue weighted by molar-refractivity contribution is -0.117. The molecule has 5 nitrogen and oxygen atoms in total. The third-order valence-electron chi connectivity index (χ3n) is 2.69. The topological polar surface area (TPSA) is 84.2 Å². The molecular weight excluding hydrogens is 242 g/mol. The third kappa shape index (κ3) is 5.09. The SMILES string of the molecule is CCC[C@@H](N)C(=O)Nc1ccc(NC(=O)CC)cc1. The molecule has 0 aliphatic rings. The van der Waals surface area contributed by atoms with E-state index >= 15 is 0 Å². The van der Waals surface area contributed by atoms with E-state index in [9.17, 15) is 9.59 Å². The van der Waals surface area contributed by atoms with Crippen molar-refractivity contribution in [2.24, 2.45) is 5.73 Å². The van der Waals surface area contributed by atoms with Gasteiger partial charge in [-0.25, -0.2) is 0 Å². The smallest absolute Gasteiger partial charge is 0.241 e. The molecule has 0 saturated heterocycles. The van der Waals surface area contributed by atoms with Crippen LogP contribution in [0.1, 0.15) is 33.1 Å². The second kappa shape index (κ2) is 7.53. The first kappa shape index (κ1) is 15.2. The summed E-state index contributed by atoms with van der Waals surface area (Å²) in [6.07, 6.45) is 1.97. The summed E-state index contributed by atoms with van der Waals surface area (Å²) in [4.78, 5) is 22.9. The van der Waals surface area contributed by atoms with Gasteiger partial charge >= 0.3 is 0 Å². The van der Waals surface area contributed by atoms with Gasteiger partial charge in [-0.2, -0.15) is 0 Å². The molecule has 2 amide bonds. The highest BCUT2D eigenvalue weighted by Gasteiger charge is 2.12. The van der Waals surface area contributed by atoms with Crippen LogP contribution in [-0.2, 0) is 9.59 Å². The van der Waals surface area contributed by atoms with Crippen molar-refractivity contribution in [1.29, 1.82) is 0 Å². The molecule has 1 rings (SSSR count). The Morgan fingerprint density at radius 2 is 1.63 bits per heavy atom. The Bertz CT molecular complexity index is 429. The minimum Gasteiger partial charge on any atom is -0.326 e. The van der Waals surface area contributed by atoms with Crippen molar-refractivity contribution < 1.29 is 9.59 Å². The summed E-state index contributed by atoms with van der Waals surface area (Å²) in [5, 5.41) is 5.48. The van der Waals surface area contributed by atoms with Crippen molar-refractivity contribution >= 4 is 23.2 Å². The summed E-state index contributed by atoms with van der Waals surface area (Å²) in [5.74, 6) is -0.228. The molecule has 0 unspecified atom stereocenters. The summed E-state index contributed by atoms with van der Waals surface area (Å²) in [7, 11) is 0. The highest BCUT2D eigenvalue weighted by molar-refractivity contribution is 5.95. The van der Waals surface area contributed by atoms with Gasteiger partial charge in [0.2, 0.25) is 11.8 Å². The summed E-state index contributed by atoms with van der Waals surface area (Å²) >= 11 is 0. The van der Waals surface area contributed by atoms with Crippen LogP contribution in [0.3, 0.4) is 0 Å². The number of amides is 2. The molecule has 0 bridgehead atoms. The number of rotatable bonds is 6. The van der Waals surface area contributed by atoms with Crippen LogP contribution < -0.4 is 16.4 Å². The average Bonchev–Trinajstić information content (AvgIpc) is 2.41. The van der Waals surface area contributed by atoms with Gasteiger partial charge < -0.3 is 16.4 Å². The first-order valence-corrected chi connectivity index (χ1v) is 6.53. The maximum Gasteiger partial charge on any atom is 0.241 e. The number of carbonyl (C=O) groups excluding carboxylic acids is 2. The van der Waals surface area contributed by atoms with Crippen LogP contribution in [0.4, 0.5) is 11.4 Å². The maximum absolute atomic E-state index is 11.7. The first-order valence-electron chi connectivity index (χ1n) is 6.53. The van der Waals surface area contributed by atoms with Gasteiger partial charge in [-0.15, -0.1) is 0 Å². The van der Waals surface area contributed by atoms with E-state index in [2.05, 4.69) is 10.6 Å². The van der Waals surface area contributed by atoms with E-state index < -0.39 is 6.04 Å². The van der Waals surface area contributed by atoms with Crippen molar-refractivity contribution in [3.8, 4) is 0 Å². The van der Waals surface area contributed by atoms with Gasteiger partial charge in [0.1, 0.15) is 0 Å². The second-order valence-corrected chi connectivity index (χ2v) is 4.36. The maximum atomic E-state index is 11.7. The van der Waals surface area contributed by atoms with Crippen molar-refractivity contribution in [1.82, 2.24) is 0 Å². The van der Waals surface area contributed by atoms with Gasteiger partial charge in [-0.1, -0.05) is 20.3 Å². The van der Waals surface area contributed by atoms with Crippen molar-refractivity contribution in [3.63, 3.8) is 0 Å². The molecule has 0 saturated carbocycles. The quantitative estimate of drug-likeness (QED) is 0.734. The van der Waals surface area contributed by atoms with E-state index in [1.807, 2.05) is 6.92 Å². The van der Waals surface area contributed by atoms with E-state index in [1.165, 1.54) is 0 Å². The van der Waals surface area contributed by atoms with Gasteiger partial charge in [0.05, 0.1) is 6.04 Å². The largest absolute Gasteiger partial charge is 0.326 e. The van der Waals surface area contributed by atoms with E-state index in [0.717, 1.165) is 6.42 Å². The van der Waals surface area contributed by atoms with Crippen LogP contribution in [0.15, 0.2) is 24.3 Å². The molecule has 0 aliphatic carbocycles. The molecular formula is C14H21N3O2. The standard InChI is InChI=1S/C14H21N3O2/c1-3-5-12(15)14(19)17-11-8-6-10(7-9-11)16-13(18)4-2/h6-9,12H,3-5,15H2,1-2H3,(H,16,18)(H,17,19)/t12-/m1/s1. The summed E-state index contributed by atoms with van der Waals surface area (Å²) in [6.45, 7) is 3.78. The summed E-state index contributed by atoms with van der Waals surface area (Å²) in [5.41, 5.74) is 7.10. The molecule has 19 heavy (non-hydrogen) atoms. The molecule has 0 aliphatic heterocycles. The normalized spacial score (nSPS) is 11.7. The van der Waals surface area contributed by atoms with E-state index in [1.54, 1.807) is 31.2 Å². The lowest BCUT2D eigenvalue weighted by Gasteiger charge is -2.11. The van der Waals surface area contributed by atoms with Crippen LogP contribution in [0.2, 0.25) is 0 Å². The van der Waals surface area contributed by atoms with E-state index in [0.29, 0.717) is 24.2 Å². The minimum absolute atomic E-state index is 0.0400. The van der Waals surface area contributed by atoms with Crippen molar-refractivity contribution in [3.05, 3.63) is 24.3 Å².